The Morgan fingerprint density at radius 3 is 2.34 bits per heavy atom. The second-order valence-corrected chi connectivity index (χ2v) is 10.2. The van der Waals surface area contributed by atoms with Gasteiger partial charge >= 0.3 is 6.18 Å². The minimum absolute atomic E-state index is 0.00553. The van der Waals surface area contributed by atoms with Crippen LogP contribution >= 0.6 is 23.6 Å². The van der Waals surface area contributed by atoms with Crippen molar-refractivity contribution in [2.45, 2.75) is 45.7 Å². The highest BCUT2D eigenvalue weighted by atomic mass is 32.1. The van der Waals surface area contributed by atoms with Crippen LogP contribution in [0, 0.1) is 6.92 Å². The third-order valence-electron chi connectivity index (χ3n) is 5.37. The van der Waals surface area contributed by atoms with Crippen molar-refractivity contribution in [2.75, 3.05) is 14.1 Å². The van der Waals surface area contributed by atoms with Crippen LogP contribution in [0.1, 0.15) is 58.2 Å². The molecular weight excluding hydrogens is 493 g/mol. The van der Waals surface area contributed by atoms with E-state index in [2.05, 4.69) is 4.98 Å². The van der Waals surface area contributed by atoms with E-state index in [-0.39, 0.29) is 11.7 Å². The number of thiazole rings is 1. The van der Waals surface area contributed by atoms with Gasteiger partial charge in [-0.3, -0.25) is 4.79 Å². The van der Waals surface area contributed by atoms with Gasteiger partial charge in [0, 0.05) is 36.5 Å². The predicted molar refractivity (Wildman–Crippen MR) is 137 cm³/mol. The monoisotopic (exact) mass is 520 g/mol. The maximum absolute atomic E-state index is 12.9. The molecule has 0 aliphatic heterocycles. The molecule has 0 radical (unpaired) electrons. The first-order valence-corrected chi connectivity index (χ1v) is 12.3. The van der Waals surface area contributed by atoms with Crippen LogP contribution in [0.2, 0.25) is 0 Å². The Labute approximate surface area is 212 Å². The minimum atomic E-state index is -4.38. The van der Waals surface area contributed by atoms with Crippen LogP contribution in [0.25, 0.3) is 10.6 Å². The lowest BCUT2D eigenvalue weighted by atomic mass is 10.0. The summed E-state index contributed by atoms with van der Waals surface area (Å²) in [7, 11) is 3.59. The molecule has 9 heteroatoms. The number of ketones is 1. The van der Waals surface area contributed by atoms with Gasteiger partial charge in [-0.15, -0.1) is 11.3 Å². The van der Waals surface area contributed by atoms with Crippen molar-refractivity contribution in [1.82, 2.24) is 9.88 Å². The molecule has 0 spiro atoms. The van der Waals surface area contributed by atoms with E-state index in [0.29, 0.717) is 39.9 Å². The van der Waals surface area contributed by atoms with Crippen LogP contribution < -0.4 is 4.74 Å². The number of carbonyl (C=O) groups excluding carboxylic acids is 1. The third-order valence-corrected chi connectivity index (χ3v) is 7.00. The lowest BCUT2D eigenvalue weighted by Crippen LogP contribution is -2.25. The molecule has 1 heterocycles. The van der Waals surface area contributed by atoms with E-state index in [0.717, 1.165) is 28.3 Å². The molecule has 2 aromatic carbocycles. The average molecular weight is 521 g/mol. The van der Waals surface area contributed by atoms with Crippen LogP contribution in [-0.4, -0.2) is 34.9 Å². The number of thiocarbonyl (C=S) groups is 1. The zero-order valence-corrected chi connectivity index (χ0v) is 21.8. The lowest BCUT2D eigenvalue weighted by Gasteiger charge is -2.16. The molecule has 35 heavy (non-hydrogen) atoms. The molecule has 0 atom stereocenters. The van der Waals surface area contributed by atoms with Gasteiger partial charge in [-0.25, -0.2) is 4.98 Å². The smallest absolute Gasteiger partial charge is 0.416 e. The molecule has 3 rings (SSSR count). The quantitative estimate of drug-likeness (QED) is 0.242. The number of halogens is 3. The molecule has 0 amide bonds. The fourth-order valence-corrected chi connectivity index (χ4v) is 4.72. The molecular formula is C26H27F3N2O2S2. The number of rotatable bonds is 7. The van der Waals surface area contributed by atoms with Crippen molar-refractivity contribution < 1.29 is 22.7 Å². The van der Waals surface area contributed by atoms with E-state index in [4.69, 9.17) is 17.0 Å². The van der Waals surface area contributed by atoms with Crippen molar-refractivity contribution >= 4 is 34.5 Å². The summed E-state index contributed by atoms with van der Waals surface area (Å²) in [5.41, 5.74) is 2.21. The van der Waals surface area contributed by atoms with Crippen LogP contribution in [0.3, 0.4) is 0 Å². The van der Waals surface area contributed by atoms with E-state index in [1.807, 2.05) is 20.8 Å². The number of hydrogen-bond donors (Lipinski definition) is 0. The molecule has 186 valence electrons. The summed E-state index contributed by atoms with van der Waals surface area (Å²) in [6.07, 6.45) is -3.58. The van der Waals surface area contributed by atoms with Crippen molar-refractivity contribution in [3.63, 3.8) is 0 Å². The Balaban J connectivity index is 1.74. The number of ether oxygens (including phenoxy) is 1. The van der Waals surface area contributed by atoms with Crippen molar-refractivity contribution in [1.29, 1.82) is 0 Å². The van der Waals surface area contributed by atoms with Gasteiger partial charge in [0.05, 0.1) is 11.3 Å². The molecule has 4 nitrogen and oxygen atoms in total. The number of hydrogen-bond acceptors (Lipinski definition) is 5. The van der Waals surface area contributed by atoms with Crippen molar-refractivity contribution in [3.8, 4) is 16.3 Å². The van der Waals surface area contributed by atoms with Gasteiger partial charge in [0.15, 0.2) is 5.78 Å². The molecule has 1 aromatic heterocycles. The summed E-state index contributed by atoms with van der Waals surface area (Å²) in [6, 6.07) is 10.3. The maximum atomic E-state index is 12.9. The summed E-state index contributed by atoms with van der Waals surface area (Å²) >= 11 is 6.60. The molecule has 0 N–H and O–H groups in total. The third kappa shape index (κ3) is 6.67. The summed E-state index contributed by atoms with van der Waals surface area (Å²) in [4.78, 5) is 20.2. The SMILES string of the molecule is Cc1cc(C(=O)CCc2sc(-c3ccc(C(F)(F)F)cc3)nc2C(C)C)ccc1OC(=S)N(C)C. The lowest BCUT2D eigenvalue weighted by molar-refractivity contribution is -0.137. The molecule has 0 aliphatic rings. The normalized spacial score (nSPS) is 11.6. The Hall–Kier alpha value is -2.78. The van der Waals surface area contributed by atoms with Crippen LogP contribution in [-0.2, 0) is 12.6 Å². The number of Topliss-reactive ketones (excluding diaryl/α,β-unsaturated/α-hetero) is 1. The van der Waals surface area contributed by atoms with Gasteiger partial charge in [-0.1, -0.05) is 26.0 Å². The first kappa shape index (κ1) is 26.8. The van der Waals surface area contributed by atoms with Crippen molar-refractivity contribution in [3.05, 3.63) is 69.7 Å². The fraction of sp³-hybridized carbons (Fsp3) is 0.346. The van der Waals surface area contributed by atoms with Crippen LogP contribution in [0.5, 0.6) is 5.75 Å². The largest absolute Gasteiger partial charge is 0.432 e. The highest BCUT2D eigenvalue weighted by molar-refractivity contribution is 7.80. The van der Waals surface area contributed by atoms with Gasteiger partial charge in [-0.2, -0.15) is 13.2 Å². The van der Waals surface area contributed by atoms with Gasteiger partial charge in [0.1, 0.15) is 10.8 Å². The number of nitrogens with zero attached hydrogens (tertiary/aromatic N) is 2. The molecule has 0 fully saturated rings. The van der Waals surface area contributed by atoms with E-state index in [1.165, 1.54) is 23.5 Å². The number of aromatic nitrogens is 1. The Kier molecular flexibility index (Phi) is 8.33. The molecule has 0 aliphatic carbocycles. The second-order valence-electron chi connectivity index (χ2n) is 8.72. The first-order chi connectivity index (χ1) is 16.4. The number of carbonyl (C=O) groups is 1. The standard InChI is InChI=1S/C26H27F3N2O2S2/c1-15(2)23-22(35-24(30-23)17-6-9-19(10-7-17)26(27,28)29)13-11-20(32)18-8-12-21(16(3)14-18)33-25(34)31(4)5/h6-10,12,14-15H,11,13H2,1-5H3. The Morgan fingerprint density at radius 1 is 1.14 bits per heavy atom. The van der Waals surface area contributed by atoms with E-state index in [9.17, 15) is 18.0 Å². The molecule has 0 bridgehead atoms. The van der Waals surface area contributed by atoms with Gasteiger partial charge in [0.2, 0.25) is 0 Å². The van der Waals surface area contributed by atoms with E-state index < -0.39 is 11.7 Å². The number of alkyl halides is 3. The highest BCUT2D eigenvalue weighted by Crippen LogP contribution is 2.35. The second kappa shape index (κ2) is 10.9. The Bertz CT molecular complexity index is 1220. The first-order valence-electron chi connectivity index (χ1n) is 11.1. The Morgan fingerprint density at radius 2 is 1.80 bits per heavy atom. The molecule has 0 saturated heterocycles. The molecule has 3 aromatic rings. The van der Waals surface area contributed by atoms with Crippen LogP contribution in [0.4, 0.5) is 13.2 Å². The fourth-order valence-electron chi connectivity index (χ4n) is 3.41. The van der Waals surface area contributed by atoms with Crippen LogP contribution in [0.15, 0.2) is 42.5 Å². The summed E-state index contributed by atoms with van der Waals surface area (Å²) < 4.78 is 44.3. The summed E-state index contributed by atoms with van der Waals surface area (Å²) in [5, 5.41) is 0.988. The number of aryl methyl sites for hydroxylation is 2. The maximum Gasteiger partial charge on any atom is 0.416 e. The summed E-state index contributed by atoms with van der Waals surface area (Å²) in [6.45, 7) is 5.88. The van der Waals surface area contributed by atoms with E-state index >= 15 is 0 Å². The predicted octanol–water partition coefficient (Wildman–Crippen LogP) is 7.30. The topological polar surface area (TPSA) is 42.4 Å². The number of benzene rings is 2. The highest BCUT2D eigenvalue weighted by Gasteiger charge is 2.30. The average Bonchev–Trinajstić information content (AvgIpc) is 3.23. The van der Waals surface area contributed by atoms with Crippen molar-refractivity contribution in [2.24, 2.45) is 0 Å². The van der Waals surface area contributed by atoms with Gasteiger partial charge in [0.25, 0.3) is 5.17 Å². The zero-order valence-electron chi connectivity index (χ0n) is 20.2. The van der Waals surface area contributed by atoms with E-state index in [1.54, 1.807) is 37.2 Å². The molecule has 0 saturated carbocycles. The van der Waals surface area contributed by atoms with Gasteiger partial charge in [-0.05, 0) is 67.4 Å². The molecule has 0 unspecified atom stereocenters. The zero-order chi connectivity index (χ0) is 25.9. The van der Waals surface area contributed by atoms with Gasteiger partial charge < -0.3 is 9.64 Å². The minimum Gasteiger partial charge on any atom is -0.432 e. The summed E-state index contributed by atoms with van der Waals surface area (Å²) in [5.74, 6) is 0.721.